The largest absolute Gasteiger partial charge is 0.303 e. The first-order valence-electron chi connectivity index (χ1n) is 10.4. The third-order valence-corrected chi connectivity index (χ3v) is 6.74. The van der Waals surface area contributed by atoms with Gasteiger partial charge in [0.2, 0.25) is 0 Å². The Balaban J connectivity index is 1.25. The zero-order valence-electron chi connectivity index (χ0n) is 15.3. The number of aryl methyl sites for hydroxylation is 2. The van der Waals surface area contributed by atoms with Crippen LogP contribution in [0.25, 0.3) is 0 Å². The van der Waals surface area contributed by atoms with Crippen LogP contribution in [0.3, 0.4) is 0 Å². The van der Waals surface area contributed by atoms with E-state index in [4.69, 9.17) is 0 Å². The van der Waals surface area contributed by atoms with Crippen LogP contribution in [0.1, 0.15) is 56.1 Å². The van der Waals surface area contributed by atoms with Crippen LogP contribution >= 0.6 is 0 Å². The van der Waals surface area contributed by atoms with Crippen LogP contribution < -0.4 is 0 Å². The maximum atomic E-state index is 2.83. The van der Waals surface area contributed by atoms with Crippen LogP contribution in [-0.4, -0.2) is 48.6 Å². The van der Waals surface area contributed by atoms with Crippen LogP contribution in [0.2, 0.25) is 0 Å². The highest BCUT2D eigenvalue weighted by molar-refractivity contribution is 5.28. The second-order valence-electron chi connectivity index (χ2n) is 8.34. The number of likely N-dealkylation sites (tertiary alicyclic amines) is 2. The highest BCUT2D eigenvalue weighted by Crippen LogP contribution is 2.28. The quantitative estimate of drug-likeness (QED) is 0.771. The van der Waals surface area contributed by atoms with Crippen molar-refractivity contribution in [3.8, 4) is 0 Å². The van der Waals surface area contributed by atoms with E-state index in [1.807, 2.05) is 0 Å². The Labute approximate surface area is 148 Å². The standard InChI is InChI=1S/C22H34N2/c1-4-14-23(15-5-1)18-19-12-16-24(17-13-19)22-10-8-20-6-2-3-7-21(20)9-11-22/h2-3,6-7,19,22H,1,4-5,8-18H2. The summed E-state index contributed by atoms with van der Waals surface area (Å²) in [4.78, 5) is 5.57. The molecule has 0 unspecified atom stereocenters. The number of benzene rings is 1. The third kappa shape index (κ3) is 4.03. The summed E-state index contributed by atoms with van der Waals surface area (Å²) in [5.74, 6) is 0.960. The highest BCUT2D eigenvalue weighted by atomic mass is 15.2. The van der Waals surface area contributed by atoms with Crippen molar-refractivity contribution in [3.63, 3.8) is 0 Å². The molecule has 2 fully saturated rings. The van der Waals surface area contributed by atoms with Gasteiger partial charge in [0.25, 0.3) is 0 Å². The minimum atomic E-state index is 0.827. The Hall–Kier alpha value is -0.860. The van der Waals surface area contributed by atoms with Gasteiger partial charge in [0.15, 0.2) is 0 Å². The maximum Gasteiger partial charge on any atom is 0.0102 e. The molecule has 1 aromatic carbocycles. The molecule has 24 heavy (non-hydrogen) atoms. The molecule has 2 nitrogen and oxygen atoms in total. The number of fused-ring (bicyclic) bond motifs is 1. The van der Waals surface area contributed by atoms with E-state index >= 15 is 0 Å². The molecule has 2 heteroatoms. The molecule has 0 aromatic heterocycles. The highest BCUT2D eigenvalue weighted by Gasteiger charge is 2.27. The fourth-order valence-corrected chi connectivity index (χ4v) is 5.21. The van der Waals surface area contributed by atoms with E-state index in [0.29, 0.717) is 0 Å². The summed E-state index contributed by atoms with van der Waals surface area (Å²) < 4.78 is 0. The minimum absolute atomic E-state index is 0.827. The summed E-state index contributed by atoms with van der Waals surface area (Å²) in [6.45, 7) is 6.80. The molecule has 2 aliphatic heterocycles. The molecular weight excluding hydrogens is 292 g/mol. The average molecular weight is 327 g/mol. The normalized spacial score (nSPS) is 25.3. The summed E-state index contributed by atoms with van der Waals surface area (Å²) in [7, 11) is 0. The van der Waals surface area contributed by atoms with Crippen molar-refractivity contribution in [3.05, 3.63) is 35.4 Å². The lowest BCUT2D eigenvalue weighted by atomic mass is 9.93. The Morgan fingerprint density at radius 1 is 0.750 bits per heavy atom. The first-order valence-corrected chi connectivity index (χ1v) is 10.4. The van der Waals surface area contributed by atoms with Crippen molar-refractivity contribution in [2.45, 2.75) is 63.8 Å². The molecule has 132 valence electrons. The van der Waals surface area contributed by atoms with Crippen LogP contribution in [-0.2, 0) is 12.8 Å². The molecule has 4 rings (SSSR count). The van der Waals surface area contributed by atoms with Crippen molar-refractivity contribution in [1.82, 2.24) is 9.80 Å². The monoisotopic (exact) mass is 326 g/mol. The van der Waals surface area contributed by atoms with Gasteiger partial charge in [-0.25, -0.2) is 0 Å². The molecule has 0 N–H and O–H groups in total. The summed E-state index contributed by atoms with van der Waals surface area (Å²) >= 11 is 0. The lowest BCUT2D eigenvalue weighted by Gasteiger charge is -2.39. The van der Waals surface area contributed by atoms with Crippen molar-refractivity contribution in [2.75, 3.05) is 32.7 Å². The summed E-state index contributed by atoms with van der Waals surface area (Å²) in [5.41, 5.74) is 3.22. The number of hydrogen-bond acceptors (Lipinski definition) is 2. The van der Waals surface area contributed by atoms with Crippen molar-refractivity contribution in [2.24, 2.45) is 5.92 Å². The lowest BCUT2D eigenvalue weighted by Crippen LogP contribution is -2.44. The maximum absolute atomic E-state index is 2.83. The number of rotatable bonds is 3. The smallest absolute Gasteiger partial charge is 0.0102 e. The molecule has 0 bridgehead atoms. The molecule has 2 saturated heterocycles. The second kappa shape index (κ2) is 8.01. The Morgan fingerprint density at radius 3 is 2.00 bits per heavy atom. The van der Waals surface area contributed by atoms with Crippen LogP contribution in [0.4, 0.5) is 0 Å². The van der Waals surface area contributed by atoms with Crippen molar-refractivity contribution >= 4 is 0 Å². The van der Waals surface area contributed by atoms with Gasteiger partial charge in [-0.05, 0) is 94.6 Å². The van der Waals surface area contributed by atoms with Gasteiger partial charge in [-0.3, -0.25) is 0 Å². The van der Waals surface area contributed by atoms with E-state index in [9.17, 15) is 0 Å². The van der Waals surface area contributed by atoms with Crippen molar-refractivity contribution < 1.29 is 0 Å². The predicted molar refractivity (Wildman–Crippen MR) is 101 cm³/mol. The van der Waals surface area contributed by atoms with E-state index in [-0.39, 0.29) is 0 Å². The molecule has 2 heterocycles. The summed E-state index contributed by atoms with van der Waals surface area (Å²) in [6.07, 6.45) is 12.5. The minimum Gasteiger partial charge on any atom is -0.303 e. The molecule has 0 spiro atoms. The van der Waals surface area contributed by atoms with Crippen LogP contribution in [0, 0.1) is 5.92 Å². The van der Waals surface area contributed by atoms with Gasteiger partial charge in [-0.15, -0.1) is 0 Å². The van der Waals surface area contributed by atoms with Gasteiger partial charge in [0, 0.05) is 12.6 Å². The molecule has 1 aliphatic carbocycles. The second-order valence-corrected chi connectivity index (χ2v) is 8.34. The molecule has 0 radical (unpaired) electrons. The number of nitrogens with zero attached hydrogens (tertiary/aromatic N) is 2. The molecule has 0 amide bonds. The molecule has 0 atom stereocenters. The Morgan fingerprint density at radius 2 is 1.38 bits per heavy atom. The number of hydrogen-bond donors (Lipinski definition) is 0. The van der Waals surface area contributed by atoms with E-state index < -0.39 is 0 Å². The van der Waals surface area contributed by atoms with Crippen molar-refractivity contribution in [1.29, 1.82) is 0 Å². The van der Waals surface area contributed by atoms with E-state index in [0.717, 1.165) is 12.0 Å². The lowest BCUT2D eigenvalue weighted by molar-refractivity contribution is 0.0969. The summed E-state index contributed by atoms with van der Waals surface area (Å²) in [6, 6.07) is 9.95. The summed E-state index contributed by atoms with van der Waals surface area (Å²) in [5, 5.41) is 0. The van der Waals surface area contributed by atoms with Gasteiger partial charge in [0.1, 0.15) is 0 Å². The first kappa shape index (κ1) is 16.6. The third-order valence-electron chi connectivity index (χ3n) is 6.74. The fraction of sp³-hybridized carbons (Fsp3) is 0.727. The topological polar surface area (TPSA) is 6.48 Å². The average Bonchev–Trinajstić information content (AvgIpc) is 2.86. The SMILES string of the molecule is c1ccc2c(c1)CCC(N1CCC(CN3CCCCC3)CC1)CC2. The van der Waals surface area contributed by atoms with Crippen LogP contribution in [0.15, 0.2) is 24.3 Å². The zero-order valence-corrected chi connectivity index (χ0v) is 15.3. The Kier molecular flexibility index (Phi) is 5.54. The van der Waals surface area contributed by atoms with Gasteiger partial charge >= 0.3 is 0 Å². The van der Waals surface area contributed by atoms with Crippen LogP contribution in [0.5, 0.6) is 0 Å². The van der Waals surface area contributed by atoms with Gasteiger partial charge in [-0.2, -0.15) is 0 Å². The predicted octanol–water partition coefficient (Wildman–Crippen LogP) is 4.13. The Bertz CT molecular complexity index is 485. The zero-order chi connectivity index (χ0) is 16.2. The molecular formula is C22H34N2. The molecule has 0 saturated carbocycles. The van der Waals surface area contributed by atoms with Gasteiger partial charge in [-0.1, -0.05) is 30.7 Å². The van der Waals surface area contributed by atoms with Gasteiger partial charge < -0.3 is 9.80 Å². The number of piperidine rings is 2. The molecule has 1 aromatic rings. The van der Waals surface area contributed by atoms with E-state index in [2.05, 4.69) is 34.1 Å². The first-order chi connectivity index (χ1) is 11.9. The van der Waals surface area contributed by atoms with Gasteiger partial charge in [0.05, 0.1) is 0 Å². The van der Waals surface area contributed by atoms with E-state index in [1.54, 1.807) is 11.1 Å². The fourth-order valence-electron chi connectivity index (χ4n) is 5.21. The molecule has 3 aliphatic rings. The van der Waals surface area contributed by atoms with E-state index in [1.165, 1.54) is 90.5 Å².